The molecule has 2 rings (SSSR count). The van der Waals surface area contributed by atoms with Gasteiger partial charge in [0.1, 0.15) is 12.4 Å². The van der Waals surface area contributed by atoms with E-state index in [1.165, 1.54) is 0 Å². The number of ketones is 1. The minimum Gasteiger partial charge on any atom is -0.492 e. The van der Waals surface area contributed by atoms with Gasteiger partial charge in [-0.25, -0.2) is 0 Å². The summed E-state index contributed by atoms with van der Waals surface area (Å²) in [7, 11) is 1.73. The molecule has 24 heavy (non-hydrogen) atoms. The van der Waals surface area contributed by atoms with Crippen LogP contribution >= 0.6 is 0 Å². The van der Waals surface area contributed by atoms with Crippen LogP contribution in [0.4, 0.5) is 0 Å². The summed E-state index contributed by atoms with van der Waals surface area (Å²) in [6, 6.07) is 16.9. The van der Waals surface area contributed by atoms with Crippen LogP contribution in [0.3, 0.4) is 0 Å². The van der Waals surface area contributed by atoms with E-state index in [0.717, 1.165) is 11.3 Å². The summed E-state index contributed by atoms with van der Waals surface area (Å²) in [6.07, 6.45) is 0.445. The third-order valence-corrected chi connectivity index (χ3v) is 3.77. The lowest BCUT2D eigenvalue weighted by Gasteiger charge is -2.17. The lowest BCUT2D eigenvalue weighted by molar-refractivity contribution is -0.130. The lowest BCUT2D eigenvalue weighted by atomic mass is 10.1. The van der Waals surface area contributed by atoms with E-state index in [0.29, 0.717) is 18.7 Å². The van der Waals surface area contributed by atoms with Crippen molar-refractivity contribution in [3.05, 3.63) is 65.7 Å². The van der Waals surface area contributed by atoms with E-state index in [1.54, 1.807) is 24.1 Å². The Kier molecular flexibility index (Phi) is 6.55. The van der Waals surface area contributed by atoms with Crippen molar-refractivity contribution < 1.29 is 14.3 Å². The first-order valence-electron chi connectivity index (χ1n) is 8.08. The van der Waals surface area contributed by atoms with Crippen molar-refractivity contribution in [3.8, 4) is 5.75 Å². The molecular weight excluding hydrogens is 302 g/mol. The number of rotatable bonds is 8. The Bertz CT molecular complexity index is 682. The van der Waals surface area contributed by atoms with Crippen LogP contribution in [0.15, 0.2) is 54.6 Å². The molecule has 0 radical (unpaired) electrons. The Morgan fingerprint density at radius 3 is 2.46 bits per heavy atom. The normalized spacial score (nSPS) is 10.2. The van der Waals surface area contributed by atoms with E-state index in [9.17, 15) is 9.59 Å². The van der Waals surface area contributed by atoms with Crippen LogP contribution in [0.1, 0.15) is 28.8 Å². The van der Waals surface area contributed by atoms with Gasteiger partial charge in [-0.15, -0.1) is 0 Å². The van der Waals surface area contributed by atoms with Gasteiger partial charge in [0.25, 0.3) is 0 Å². The molecule has 0 aliphatic carbocycles. The molecule has 2 aromatic carbocycles. The van der Waals surface area contributed by atoms with Gasteiger partial charge in [0.05, 0.1) is 6.54 Å². The van der Waals surface area contributed by atoms with Gasteiger partial charge in [0, 0.05) is 25.5 Å². The number of carbonyl (C=O) groups excluding carboxylic acids is 2. The fourth-order valence-corrected chi connectivity index (χ4v) is 2.31. The zero-order valence-corrected chi connectivity index (χ0v) is 14.2. The standard InChI is InChI=1S/C20H23NO3/c1-16-7-6-10-18(15-16)24-14-13-21(2)20(23)12-11-19(22)17-8-4-3-5-9-17/h3-10,15H,11-14H2,1-2H3. The maximum atomic E-state index is 12.1. The average Bonchev–Trinajstić information content (AvgIpc) is 2.60. The number of benzene rings is 2. The molecule has 0 fully saturated rings. The Morgan fingerprint density at radius 2 is 1.75 bits per heavy atom. The zero-order valence-electron chi connectivity index (χ0n) is 14.2. The molecule has 0 saturated heterocycles. The van der Waals surface area contributed by atoms with E-state index >= 15 is 0 Å². The highest BCUT2D eigenvalue weighted by Gasteiger charge is 2.12. The van der Waals surface area contributed by atoms with Crippen LogP contribution in [-0.4, -0.2) is 36.8 Å². The number of ether oxygens (including phenoxy) is 1. The van der Waals surface area contributed by atoms with Gasteiger partial charge in [-0.1, -0.05) is 42.5 Å². The SMILES string of the molecule is Cc1cccc(OCCN(C)C(=O)CCC(=O)c2ccccc2)c1. The molecule has 0 unspecified atom stereocenters. The average molecular weight is 325 g/mol. The minimum absolute atomic E-state index is 0.00615. The number of Topliss-reactive ketones (excluding diaryl/α,β-unsaturated/α-hetero) is 1. The van der Waals surface area contributed by atoms with E-state index in [-0.39, 0.29) is 24.5 Å². The maximum absolute atomic E-state index is 12.1. The molecule has 4 heteroatoms. The molecule has 0 aliphatic rings. The Morgan fingerprint density at radius 1 is 1.00 bits per heavy atom. The Hall–Kier alpha value is -2.62. The quantitative estimate of drug-likeness (QED) is 0.698. The minimum atomic E-state index is -0.0490. The number of carbonyl (C=O) groups is 2. The first-order chi connectivity index (χ1) is 11.6. The van der Waals surface area contributed by atoms with Crippen LogP contribution in [0, 0.1) is 6.92 Å². The van der Waals surface area contributed by atoms with Crippen molar-refractivity contribution in [1.82, 2.24) is 4.90 Å². The molecule has 0 aliphatic heterocycles. The van der Waals surface area contributed by atoms with Crippen molar-refractivity contribution in [2.75, 3.05) is 20.2 Å². The first-order valence-corrected chi connectivity index (χ1v) is 8.08. The van der Waals surface area contributed by atoms with Crippen LogP contribution in [0.5, 0.6) is 5.75 Å². The van der Waals surface area contributed by atoms with Crippen LogP contribution in [0.25, 0.3) is 0 Å². The van der Waals surface area contributed by atoms with E-state index in [2.05, 4.69) is 0 Å². The van der Waals surface area contributed by atoms with Gasteiger partial charge >= 0.3 is 0 Å². The van der Waals surface area contributed by atoms with E-state index in [1.807, 2.05) is 49.4 Å². The molecule has 0 heterocycles. The molecule has 0 spiro atoms. The summed E-state index contributed by atoms with van der Waals surface area (Å²) < 4.78 is 5.64. The highest BCUT2D eigenvalue weighted by atomic mass is 16.5. The van der Waals surface area contributed by atoms with Crippen molar-refractivity contribution in [3.63, 3.8) is 0 Å². The first kappa shape index (κ1) is 17.7. The van der Waals surface area contributed by atoms with E-state index < -0.39 is 0 Å². The number of amides is 1. The van der Waals surface area contributed by atoms with Gasteiger partial charge in [-0.05, 0) is 24.6 Å². The highest BCUT2D eigenvalue weighted by Crippen LogP contribution is 2.12. The van der Waals surface area contributed by atoms with Gasteiger partial charge in [-0.2, -0.15) is 0 Å². The topological polar surface area (TPSA) is 46.6 Å². The number of aryl methyl sites for hydroxylation is 1. The number of hydrogen-bond acceptors (Lipinski definition) is 3. The summed E-state index contributed by atoms with van der Waals surface area (Å²) in [5, 5.41) is 0. The number of hydrogen-bond donors (Lipinski definition) is 0. The second-order valence-electron chi connectivity index (χ2n) is 5.77. The fourth-order valence-electron chi connectivity index (χ4n) is 2.31. The second kappa shape index (κ2) is 8.87. The van der Waals surface area contributed by atoms with Gasteiger partial charge < -0.3 is 9.64 Å². The molecule has 0 bridgehead atoms. The molecule has 0 saturated carbocycles. The molecule has 0 N–H and O–H groups in total. The molecule has 1 amide bonds. The predicted molar refractivity (Wildman–Crippen MR) is 94.3 cm³/mol. The largest absolute Gasteiger partial charge is 0.492 e. The molecule has 2 aromatic rings. The second-order valence-corrected chi connectivity index (χ2v) is 5.77. The van der Waals surface area contributed by atoms with E-state index in [4.69, 9.17) is 4.74 Å². The fraction of sp³-hybridized carbons (Fsp3) is 0.300. The van der Waals surface area contributed by atoms with Gasteiger partial charge in [-0.3, -0.25) is 9.59 Å². The van der Waals surface area contributed by atoms with Crippen molar-refractivity contribution in [1.29, 1.82) is 0 Å². The summed E-state index contributed by atoms with van der Waals surface area (Å²) in [5.41, 5.74) is 1.78. The van der Waals surface area contributed by atoms with Gasteiger partial charge in [0.15, 0.2) is 5.78 Å². The molecule has 4 nitrogen and oxygen atoms in total. The third kappa shape index (κ3) is 5.54. The number of nitrogens with zero attached hydrogens (tertiary/aromatic N) is 1. The molecule has 0 aromatic heterocycles. The molecule has 0 atom stereocenters. The summed E-state index contributed by atoms with van der Waals surface area (Å²) in [4.78, 5) is 25.7. The van der Waals surface area contributed by atoms with Gasteiger partial charge in [0.2, 0.25) is 5.91 Å². The molecule has 126 valence electrons. The predicted octanol–water partition coefficient (Wildman–Crippen LogP) is 3.50. The maximum Gasteiger partial charge on any atom is 0.222 e. The monoisotopic (exact) mass is 325 g/mol. The third-order valence-electron chi connectivity index (χ3n) is 3.77. The van der Waals surface area contributed by atoms with Crippen molar-refractivity contribution in [2.24, 2.45) is 0 Å². The highest BCUT2D eigenvalue weighted by molar-refractivity contribution is 5.97. The van der Waals surface area contributed by atoms with Crippen LogP contribution in [0.2, 0.25) is 0 Å². The van der Waals surface area contributed by atoms with Crippen molar-refractivity contribution in [2.45, 2.75) is 19.8 Å². The van der Waals surface area contributed by atoms with Crippen LogP contribution in [-0.2, 0) is 4.79 Å². The zero-order chi connectivity index (χ0) is 17.4. The number of likely N-dealkylation sites (N-methyl/N-ethyl adjacent to an activating group) is 1. The van der Waals surface area contributed by atoms with Crippen molar-refractivity contribution >= 4 is 11.7 Å². The Labute approximate surface area is 143 Å². The lowest BCUT2D eigenvalue weighted by Crippen LogP contribution is -2.31. The Balaban J connectivity index is 1.71. The molecular formula is C20H23NO3. The summed E-state index contributed by atoms with van der Waals surface area (Å²) in [6.45, 7) is 2.93. The summed E-state index contributed by atoms with van der Waals surface area (Å²) in [5.74, 6) is 0.746. The smallest absolute Gasteiger partial charge is 0.222 e. The summed E-state index contributed by atoms with van der Waals surface area (Å²) >= 11 is 0. The van der Waals surface area contributed by atoms with Crippen LogP contribution < -0.4 is 4.74 Å².